The molecule has 1 aromatic rings. The average Bonchev–Trinajstić information content (AvgIpc) is 2.76. The predicted octanol–water partition coefficient (Wildman–Crippen LogP) is 3.53. The van der Waals surface area contributed by atoms with E-state index in [4.69, 9.17) is 4.74 Å². The second kappa shape index (κ2) is 15.1. The Labute approximate surface area is 234 Å². The zero-order valence-corrected chi connectivity index (χ0v) is 25.4. The SMILES string of the molecule is CNC(=O)[C@H](CC(C)C)NC(=O)[C@H](CC(C)C)NC(=O)[C@H](Cc1ccc(I)cc1)NC(=O)OC(C)(C)C. The molecule has 9 nitrogen and oxygen atoms in total. The van der Waals surface area contributed by atoms with Crippen molar-refractivity contribution in [2.45, 2.75) is 91.5 Å². The maximum absolute atomic E-state index is 13.4. The van der Waals surface area contributed by atoms with Crippen LogP contribution in [0.25, 0.3) is 0 Å². The van der Waals surface area contributed by atoms with Crippen LogP contribution in [0.3, 0.4) is 0 Å². The Balaban J connectivity index is 3.14. The summed E-state index contributed by atoms with van der Waals surface area (Å²) in [5, 5.41) is 10.8. The van der Waals surface area contributed by atoms with Gasteiger partial charge in [0.25, 0.3) is 0 Å². The number of halogens is 1. The number of carbonyl (C=O) groups excluding carboxylic acids is 4. The third kappa shape index (κ3) is 13.1. The van der Waals surface area contributed by atoms with E-state index in [9.17, 15) is 19.2 Å². The molecule has 0 aliphatic rings. The lowest BCUT2D eigenvalue weighted by Crippen LogP contribution is -2.57. The van der Waals surface area contributed by atoms with E-state index in [2.05, 4.69) is 43.9 Å². The number of ether oxygens (including phenoxy) is 1. The van der Waals surface area contributed by atoms with Gasteiger partial charge in [-0.25, -0.2) is 4.79 Å². The lowest BCUT2D eigenvalue weighted by Gasteiger charge is -2.27. The first-order valence-corrected chi connectivity index (χ1v) is 13.8. The third-order valence-corrected chi connectivity index (χ3v) is 6.01. The Hall–Kier alpha value is -2.37. The maximum Gasteiger partial charge on any atom is 0.408 e. The van der Waals surface area contributed by atoms with Crippen molar-refractivity contribution in [1.29, 1.82) is 0 Å². The first kappa shape index (κ1) is 32.7. The van der Waals surface area contributed by atoms with Crippen LogP contribution in [0.15, 0.2) is 24.3 Å². The molecule has 4 amide bonds. The molecule has 0 aliphatic carbocycles. The van der Waals surface area contributed by atoms with Crippen molar-refractivity contribution in [3.05, 3.63) is 33.4 Å². The van der Waals surface area contributed by atoms with E-state index >= 15 is 0 Å². The van der Waals surface area contributed by atoms with Gasteiger partial charge in [-0.3, -0.25) is 14.4 Å². The summed E-state index contributed by atoms with van der Waals surface area (Å²) >= 11 is 2.19. The van der Waals surface area contributed by atoms with Crippen LogP contribution in [0, 0.1) is 15.4 Å². The number of amides is 4. The molecule has 0 aliphatic heterocycles. The maximum atomic E-state index is 13.4. The molecule has 0 radical (unpaired) electrons. The Bertz CT molecular complexity index is 912. The van der Waals surface area contributed by atoms with Crippen LogP contribution in [0.1, 0.15) is 66.9 Å². The summed E-state index contributed by atoms with van der Waals surface area (Å²) in [6, 6.07) is 5.04. The second-order valence-electron chi connectivity index (χ2n) is 11.0. The van der Waals surface area contributed by atoms with Crippen LogP contribution in [-0.2, 0) is 25.5 Å². The van der Waals surface area contributed by atoms with Crippen molar-refractivity contribution >= 4 is 46.4 Å². The van der Waals surface area contributed by atoms with Gasteiger partial charge in [0.2, 0.25) is 17.7 Å². The fraction of sp³-hybridized carbons (Fsp3) is 0.630. The van der Waals surface area contributed by atoms with Gasteiger partial charge >= 0.3 is 6.09 Å². The molecule has 0 saturated carbocycles. The first-order valence-electron chi connectivity index (χ1n) is 12.7. The number of carbonyl (C=O) groups is 4. The number of hydrogen-bond acceptors (Lipinski definition) is 5. The molecule has 0 heterocycles. The van der Waals surface area contributed by atoms with Gasteiger partial charge in [0.05, 0.1) is 0 Å². The molecular weight excluding hydrogens is 587 g/mol. The number of hydrogen-bond donors (Lipinski definition) is 4. The lowest BCUT2D eigenvalue weighted by molar-refractivity contribution is -0.133. The van der Waals surface area contributed by atoms with E-state index in [0.29, 0.717) is 12.8 Å². The summed E-state index contributed by atoms with van der Waals surface area (Å²) in [4.78, 5) is 51.5. The van der Waals surface area contributed by atoms with Gasteiger partial charge in [-0.2, -0.15) is 0 Å². The summed E-state index contributed by atoms with van der Waals surface area (Å²) < 4.78 is 6.41. The van der Waals surface area contributed by atoms with Crippen molar-refractivity contribution in [2.75, 3.05) is 7.05 Å². The summed E-state index contributed by atoms with van der Waals surface area (Å²) in [5.41, 5.74) is 0.109. The van der Waals surface area contributed by atoms with Crippen LogP contribution in [0.2, 0.25) is 0 Å². The van der Waals surface area contributed by atoms with E-state index in [1.807, 2.05) is 52.0 Å². The number of benzene rings is 1. The topological polar surface area (TPSA) is 126 Å². The fourth-order valence-electron chi connectivity index (χ4n) is 3.64. The van der Waals surface area contributed by atoms with E-state index in [1.165, 1.54) is 7.05 Å². The van der Waals surface area contributed by atoms with Crippen LogP contribution in [0.4, 0.5) is 4.79 Å². The molecule has 1 aromatic carbocycles. The summed E-state index contributed by atoms with van der Waals surface area (Å²) in [7, 11) is 1.52. The molecule has 0 fully saturated rings. The number of alkyl carbamates (subject to hydrolysis) is 1. The highest BCUT2D eigenvalue weighted by Gasteiger charge is 2.31. The Morgan fingerprint density at radius 2 is 1.24 bits per heavy atom. The number of nitrogens with one attached hydrogen (secondary N) is 4. The van der Waals surface area contributed by atoms with Crippen LogP contribution in [-0.4, -0.2) is 54.6 Å². The Kier molecular flexibility index (Phi) is 13.4. The van der Waals surface area contributed by atoms with Crippen molar-refractivity contribution in [2.24, 2.45) is 11.8 Å². The predicted molar refractivity (Wildman–Crippen MR) is 153 cm³/mol. The van der Waals surface area contributed by atoms with Gasteiger partial charge in [-0.1, -0.05) is 39.8 Å². The van der Waals surface area contributed by atoms with Gasteiger partial charge in [0.15, 0.2) is 0 Å². The van der Waals surface area contributed by atoms with Crippen LogP contribution < -0.4 is 21.3 Å². The Morgan fingerprint density at radius 3 is 1.68 bits per heavy atom. The monoisotopic (exact) mass is 630 g/mol. The molecular formula is C27H43IN4O5. The van der Waals surface area contributed by atoms with Crippen LogP contribution in [0.5, 0.6) is 0 Å². The third-order valence-electron chi connectivity index (χ3n) is 5.29. The smallest absolute Gasteiger partial charge is 0.408 e. The van der Waals surface area contributed by atoms with E-state index in [1.54, 1.807) is 20.8 Å². The fourth-order valence-corrected chi connectivity index (χ4v) is 4.00. The van der Waals surface area contributed by atoms with Crippen molar-refractivity contribution in [3.8, 4) is 0 Å². The standard InChI is InChI=1S/C27H43IN4O5/c1-16(2)13-20(23(33)29-8)30-24(34)21(14-17(3)4)31-25(35)22(32-26(36)37-27(5,6)7)15-18-9-11-19(28)12-10-18/h9-12,16-17,20-22H,13-15H2,1-8H3,(H,29,33)(H,30,34)(H,31,35)(H,32,36)/t20-,21-,22-/m0/s1. The van der Waals surface area contributed by atoms with Crippen molar-refractivity contribution < 1.29 is 23.9 Å². The minimum absolute atomic E-state index is 0.0908. The lowest BCUT2D eigenvalue weighted by atomic mass is 9.99. The normalized spacial score (nSPS) is 13.9. The summed E-state index contributed by atoms with van der Waals surface area (Å²) in [5.74, 6) is -0.975. The van der Waals surface area contributed by atoms with Gasteiger partial charge in [0.1, 0.15) is 23.7 Å². The molecule has 0 unspecified atom stereocenters. The highest BCUT2D eigenvalue weighted by molar-refractivity contribution is 14.1. The van der Waals surface area contributed by atoms with Crippen molar-refractivity contribution in [1.82, 2.24) is 21.3 Å². The molecule has 0 aromatic heterocycles. The highest BCUT2D eigenvalue weighted by atomic mass is 127. The average molecular weight is 631 g/mol. The zero-order valence-electron chi connectivity index (χ0n) is 23.2. The first-order chi connectivity index (χ1) is 17.1. The quantitative estimate of drug-likeness (QED) is 0.263. The van der Waals surface area contributed by atoms with Gasteiger partial charge in [0, 0.05) is 17.0 Å². The molecule has 10 heteroatoms. The Morgan fingerprint density at radius 1 is 0.784 bits per heavy atom. The minimum Gasteiger partial charge on any atom is -0.444 e. The van der Waals surface area contributed by atoms with Crippen LogP contribution >= 0.6 is 22.6 Å². The van der Waals surface area contributed by atoms with Gasteiger partial charge in [-0.15, -0.1) is 0 Å². The van der Waals surface area contributed by atoms with E-state index in [-0.39, 0.29) is 24.2 Å². The largest absolute Gasteiger partial charge is 0.444 e. The molecule has 208 valence electrons. The second-order valence-corrected chi connectivity index (χ2v) is 12.3. The molecule has 0 bridgehead atoms. The van der Waals surface area contributed by atoms with E-state index < -0.39 is 41.6 Å². The summed E-state index contributed by atoms with van der Waals surface area (Å²) in [6.07, 6.45) is 0.317. The molecule has 0 spiro atoms. The summed E-state index contributed by atoms with van der Waals surface area (Å²) in [6.45, 7) is 13.0. The van der Waals surface area contributed by atoms with E-state index in [0.717, 1.165) is 9.13 Å². The molecule has 4 N–H and O–H groups in total. The number of rotatable bonds is 12. The van der Waals surface area contributed by atoms with Crippen molar-refractivity contribution in [3.63, 3.8) is 0 Å². The zero-order chi connectivity index (χ0) is 28.3. The molecule has 37 heavy (non-hydrogen) atoms. The molecule has 1 rings (SSSR count). The molecule has 3 atom stereocenters. The van der Waals surface area contributed by atoms with Gasteiger partial charge in [-0.05, 0) is 85.7 Å². The van der Waals surface area contributed by atoms with Gasteiger partial charge < -0.3 is 26.0 Å². The highest BCUT2D eigenvalue weighted by Crippen LogP contribution is 2.13. The molecule has 0 saturated heterocycles. The minimum atomic E-state index is -0.970. The number of likely N-dealkylation sites (N-methyl/N-ethyl adjacent to an activating group) is 1.